The van der Waals surface area contributed by atoms with E-state index in [1.165, 1.54) is 5.56 Å². The van der Waals surface area contributed by atoms with Crippen LogP contribution in [0.2, 0.25) is 0 Å². The van der Waals surface area contributed by atoms with Gasteiger partial charge in [0.05, 0.1) is 11.7 Å². The van der Waals surface area contributed by atoms with Crippen molar-refractivity contribution in [3.63, 3.8) is 0 Å². The van der Waals surface area contributed by atoms with Gasteiger partial charge < -0.3 is 10.0 Å². The molecule has 5 heteroatoms. The number of pyridine rings is 1. The summed E-state index contributed by atoms with van der Waals surface area (Å²) in [6.45, 7) is 10.1. The van der Waals surface area contributed by atoms with Crippen LogP contribution in [-0.2, 0) is 0 Å². The molecule has 0 atom stereocenters. The number of nitrogens with zero attached hydrogens (tertiary/aromatic N) is 3. The Morgan fingerprint density at radius 2 is 1.85 bits per heavy atom. The van der Waals surface area contributed by atoms with Crippen LogP contribution in [0.5, 0.6) is 5.75 Å². The highest BCUT2D eigenvalue weighted by molar-refractivity contribution is 5.86. The quantitative estimate of drug-likeness (QED) is 0.486. The first-order valence-electron chi connectivity index (χ1n) is 9.26. The van der Waals surface area contributed by atoms with Gasteiger partial charge in [0.15, 0.2) is 0 Å². The van der Waals surface area contributed by atoms with Crippen LogP contribution < -0.4 is 10.3 Å². The lowest BCUT2D eigenvalue weighted by Gasteiger charge is -2.21. The maximum Gasteiger partial charge on any atom is 0.147 e. The molecular weight excluding hydrogens is 336 g/mol. The smallest absolute Gasteiger partial charge is 0.147 e. The van der Waals surface area contributed by atoms with Gasteiger partial charge in [-0.05, 0) is 63.6 Å². The van der Waals surface area contributed by atoms with E-state index in [9.17, 15) is 5.11 Å². The Kier molecular flexibility index (Phi) is 5.60. The molecule has 5 nitrogen and oxygen atoms in total. The minimum atomic E-state index is 0.211. The van der Waals surface area contributed by atoms with E-state index in [1.54, 1.807) is 12.3 Å². The van der Waals surface area contributed by atoms with Crippen molar-refractivity contribution in [3.8, 4) is 5.75 Å². The Morgan fingerprint density at radius 1 is 1.07 bits per heavy atom. The minimum absolute atomic E-state index is 0.211. The summed E-state index contributed by atoms with van der Waals surface area (Å²) in [4.78, 5) is 6.78. The van der Waals surface area contributed by atoms with Gasteiger partial charge in [0.2, 0.25) is 0 Å². The largest absolute Gasteiger partial charge is 0.507 e. The standard InChI is InChI=1S/C22H26N4O/c1-5-26(6-2)18-9-8-17(21(27)13-18)14-23-25-22-12-16(4)19-11-15(3)7-10-20(19)24-22/h7-14,27H,5-6H2,1-4H3,(H,24,25)/b23-14+. The third kappa shape index (κ3) is 4.19. The number of rotatable bonds is 6. The highest BCUT2D eigenvalue weighted by Crippen LogP contribution is 2.24. The Labute approximate surface area is 160 Å². The van der Waals surface area contributed by atoms with Crippen molar-refractivity contribution in [1.82, 2.24) is 4.98 Å². The minimum Gasteiger partial charge on any atom is -0.507 e. The molecule has 0 spiro atoms. The molecule has 0 fully saturated rings. The fourth-order valence-corrected chi connectivity index (χ4v) is 3.16. The molecule has 1 aromatic heterocycles. The number of aryl methyl sites for hydroxylation is 2. The molecule has 27 heavy (non-hydrogen) atoms. The van der Waals surface area contributed by atoms with E-state index in [4.69, 9.17) is 0 Å². The fraction of sp³-hybridized carbons (Fsp3) is 0.273. The highest BCUT2D eigenvalue weighted by Gasteiger charge is 2.06. The van der Waals surface area contributed by atoms with Crippen molar-refractivity contribution < 1.29 is 5.11 Å². The van der Waals surface area contributed by atoms with Crippen LogP contribution in [0.1, 0.15) is 30.5 Å². The lowest BCUT2D eigenvalue weighted by molar-refractivity contribution is 0.474. The number of hydrogen-bond donors (Lipinski definition) is 2. The summed E-state index contributed by atoms with van der Waals surface area (Å²) in [5.41, 5.74) is 7.93. The van der Waals surface area contributed by atoms with Crippen molar-refractivity contribution in [2.24, 2.45) is 5.10 Å². The zero-order valence-electron chi connectivity index (χ0n) is 16.3. The molecule has 0 aliphatic carbocycles. The molecule has 3 aromatic rings. The van der Waals surface area contributed by atoms with Gasteiger partial charge >= 0.3 is 0 Å². The zero-order chi connectivity index (χ0) is 19.4. The van der Waals surface area contributed by atoms with Gasteiger partial charge in [-0.25, -0.2) is 4.98 Å². The molecule has 140 valence electrons. The average Bonchev–Trinajstić information content (AvgIpc) is 2.65. The first-order chi connectivity index (χ1) is 13.0. The van der Waals surface area contributed by atoms with Crippen LogP contribution in [0.4, 0.5) is 11.5 Å². The molecule has 2 N–H and O–H groups in total. The Morgan fingerprint density at radius 3 is 2.56 bits per heavy atom. The lowest BCUT2D eigenvalue weighted by Crippen LogP contribution is -2.21. The average molecular weight is 362 g/mol. The number of anilines is 2. The molecule has 0 amide bonds. The lowest BCUT2D eigenvalue weighted by atomic mass is 10.1. The van der Waals surface area contributed by atoms with E-state index in [2.05, 4.69) is 60.2 Å². The summed E-state index contributed by atoms with van der Waals surface area (Å²) >= 11 is 0. The molecule has 3 rings (SSSR count). The van der Waals surface area contributed by atoms with E-state index < -0.39 is 0 Å². The molecule has 1 heterocycles. The predicted molar refractivity (Wildman–Crippen MR) is 114 cm³/mol. The number of aromatic nitrogens is 1. The van der Waals surface area contributed by atoms with Crippen LogP contribution in [0.15, 0.2) is 47.6 Å². The van der Waals surface area contributed by atoms with Crippen LogP contribution in [-0.4, -0.2) is 29.4 Å². The van der Waals surface area contributed by atoms with Gasteiger partial charge in [-0.1, -0.05) is 11.6 Å². The molecule has 0 bridgehead atoms. The van der Waals surface area contributed by atoms with Crippen LogP contribution >= 0.6 is 0 Å². The van der Waals surface area contributed by atoms with E-state index in [0.717, 1.165) is 35.2 Å². The van der Waals surface area contributed by atoms with Gasteiger partial charge in [0.25, 0.3) is 0 Å². The molecule has 0 saturated heterocycles. The number of phenolic OH excluding ortho intramolecular Hbond substituents is 1. The molecule has 0 unspecified atom stereocenters. The SMILES string of the molecule is CCN(CC)c1ccc(/C=N/Nc2cc(C)c3cc(C)ccc3n2)c(O)c1. The molecule has 0 radical (unpaired) electrons. The third-order valence-corrected chi connectivity index (χ3v) is 4.70. The number of hydrazone groups is 1. The van der Waals surface area contributed by atoms with Crippen molar-refractivity contribution in [1.29, 1.82) is 0 Å². The second-order valence-electron chi connectivity index (χ2n) is 6.63. The van der Waals surface area contributed by atoms with E-state index in [0.29, 0.717) is 11.4 Å². The monoisotopic (exact) mass is 362 g/mol. The van der Waals surface area contributed by atoms with Crippen LogP contribution in [0.25, 0.3) is 10.9 Å². The normalized spacial score (nSPS) is 11.3. The Bertz CT molecular complexity index is 977. The first-order valence-corrected chi connectivity index (χ1v) is 9.26. The second kappa shape index (κ2) is 8.08. The molecule has 0 saturated carbocycles. The van der Waals surface area contributed by atoms with Crippen LogP contribution in [0.3, 0.4) is 0 Å². The number of benzene rings is 2. The summed E-state index contributed by atoms with van der Waals surface area (Å²) in [5.74, 6) is 0.891. The summed E-state index contributed by atoms with van der Waals surface area (Å²) in [5, 5.41) is 15.7. The van der Waals surface area contributed by atoms with Gasteiger partial charge in [-0.2, -0.15) is 5.10 Å². The summed E-state index contributed by atoms with van der Waals surface area (Å²) in [6.07, 6.45) is 1.61. The molecule has 0 aliphatic heterocycles. The van der Waals surface area contributed by atoms with Crippen molar-refractivity contribution in [3.05, 3.63) is 59.2 Å². The molecule has 0 aliphatic rings. The van der Waals surface area contributed by atoms with Gasteiger partial charge in [-0.15, -0.1) is 0 Å². The first kappa shape index (κ1) is 18.7. The fourth-order valence-electron chi connectivity index (χ4n) is 3.16. The topological polar surface area (TPSA) is 60.8 Å². The number of phenols is 1. The van der Waals surface area contributed by atoms with Crippen LogP contribution in [0, 0.1) is 13.8 Å². The number of aromatic hydroxyl groups is 1. The number of fused-ring (bicyclic) bond motifs is 1. The Balaban J connectivity index is 1.77. The summed E-state index contributed by atoms with van der Waals surface area (Å²) < 4.78 is 0. The maximum absolute atomic E-state index is 10.3. The van der Waals surface area contributed by atoms with Gasteiger partial charge in [-0.3, -0.25) is 5.43 Å². The number of hydrogen-bond acceptors (Lipinski definition) is 5. The van der Waals surface area contributed by atoms with E-state index >= 15 is 0 Å². The Hall–Kier alpha value is -3.08. The van der Waals surface area contributed by atoms with Gasteiger partial charge in [0, 0.05) is 35.8 Å². The molecule has 2 aromatic carbocycles. The summed E-state index contributed by atoms with van der Waals surface area (Å²) in [7, 11) is 0. The maximum atomic E-state index is 10.3. The van der Waals surface area contributed by atoms with E-state index in [1.807, 2.05) is 24.3 Å². The molecular formula is C22H26N4O. The van der Waals surface area contributed by atoms with Crippen molar-refractivity contribution in [2.45, 2.75) is 27.7 Å². The second-order valence-corrected chi connectivity index (χ2v) is 6.63. The van der Waals surface area contributed by atoms with E-state index in [-0.39, 0.29) is 5.75 Å². The van der Waals surface area contributed by atoms with Crippen molar-refractivity contribution >= 4 is 28.6 Å². The third-order valence-electron chi connectivity index (χ3n) is 4.70. The number of nitrogens with one attached hydrogen (secondary N) is 1. The summed E-state index contributed by atoms with van der Waals surface area (Å²) in [6, 6.07) is 13.8. The van der Waals surface area contributed by atoms with Gasteiger partial charge in [0.1, 0.15) is 11.6 Å². The predicted octanol–water partition coefficient (Wildman–Crippen LogP) is 4.85. The zero-order valence-corrected chi connectivity index (χ0v) is 16.3. The highest BCUT2D eigenvalue weighted by atomic mass is 16.3. The van der Waals surface area contributed by atoms with Crippen molar-refractivity contribution in [2.75, 3.05) is 23.4 Å².